The number of nitrogens with one attached hydrogen (secondary N) is 2. The Morgan fingerprint density at radius 3 is 2.17 bits per heavy atom. The predicted molar refractivity (Wildman–Crippen MR) is 206 cm³/mol. The molecule has 2 saturated carbocycles. The first-order chi connectivity index (χ1) is 25.2. The first-order valence-electron chi connectivity index (χ1n) is 17.3. The van der Waals surface area contributed by atoms with Crippen molar-refractivity contribution in [2.75, 3.05) is 12.4 Å². The van der Waals surface area contributed by atoms with Gasteiger partial charge in [0.15, 0.2) is 5.82 Å². The number of halogens is 2. The molecule has 0 bridgehead atoms. The first-order valence-corrected chi connectivity index (χ1v) is 18.9. The number of carbonyl (C=O) groups excluding carboxylic acids is 2. The van der Waals surface area contributed by atoms with Gasteiger partial charge in [-0.2, -0.15) is 15.3 Å². The molecule has 14 nitrogen and oxygen atoms in total. The van der Waals surface area contributed by atoms with Gasteiger partial charge < -0.3 is 15.4 Å². The number of rotatable bonds is 11. The molecule has 2 amide bonds. The molecule has 16 heteroatoms. The highest BCUT2D eigenvalue weighted by atomic mass is 79.9. The zero-order valence-corrected chi connectivity index (χ0v) is 32.7. The first kappa shape index (κ1) is 36.8. The number of amides is 2. The minimum absolute atomic E-state index is 0.00409. The number of benzene rings is 2. The highest BCUT2D eigenvalue weighted by Gasteiger charge is 2.43. The average Bonchev–Trinajstić information content (AvgIpc) is 3.86. The van der Waals surface area contributed by atoms with Crippen LogP contribution in [0.25, 0.3) is 21.5 Å². The lowest BCUT2D eigenvalue weighted by Gasteiger charge is -2.44. The Balaban J connectivity index is 1.13. The Bertz CT molecular complexity index is 2470. The smallest absolute Gasteiger partial charge is 0.275 e. The zero-order valence-electron chi connectivity index (χ0n) is 29.6. The summed E-state index contributed by atoms with van der Waals surface area (Å²) < 4.78 is 10.7. The van der Waals surface area contributed by atoms with Gasteiger partial charge in [-0.3, -0.25) is 24.0 Å². The molecule has 3 heterocycles. The van der Waals surface area contributed by atoms with Gasteiger partial charge in [0.2, 0.25) is 11.8 Å². The van der Waals surface area contributed by atoms with E-state index in [0.717, 1.165) is 25.4 Å². The van der Waals surface area contributed by atoms with Crippen molar-refractivity contribution in [1.29, 1.82) is 0 Å². The maximum atomic E-state index is 13.6. The Hall–Kier alpha value is -4.54. The van der Waals surface area contributed by atoms with Gasteiger partial charge in [0, 0.05) is 57.8 Å². The molecule has 276 valence electrons. The van der Waals surface area contributed by atoms with E-state index < -0.39 is 11.5 Å². The Kier molecular flexibility index (Phi) is 9.97. The summed E-state index contributed by atoms with van der Waals surface area (Å²) in [6.45, 7) is 3.52. The minimum atomic E-state index is -0.511. The molecule has 5 aromatic rings. The maximum Gasteiger partial charge on any atom is 0.275 e. The molecule has 7 rings (SSSR count). The van der Waals surface area contributed by atoms with Crippen LogP contribution >= 0.6 is 31.9 Å². The summed E-state index contributed by atoms with van der Waals surface area (Å²) in [4.78, 5) is 64.9. The van der Waals surface area contributed by atoms with Crippen LogP contribution < -0.4 is 27.3 Å². The van der Waals surface area contributed by atoms with Crippen molar-refractivity contribution in [3.05, 3.63) is 99.9 Å². The number of aryl methyl sites for hydroxylation is 1. The summed E-state index contributed by atoms with van der Waals surface area (Å²) in [5, 5.41) is 21.6. The van der Waals surface area contributed by atoms with Crippen LogP contribution in [0, 0.1) is 5.92 Å². The lowest BCUT2D eigenvalue weighted by Crippen LogP contribution is -2.55. The van der Waals surface area contributed by atoms with Crippen LogP contribution in [0.4, 0.5) is 5.82 Å². The SMILES string of the molecule is CO[C@]1(C)C[C@H](NC(=O)Cn2nc(C(C)CC3CC3c3nn(CC(=O)Nc4ccc(=O)n(C)n4)c(=O)c4ccc(Br)cc34)c3cc(Br)ccc3c2=O)C1. The van der Waals surface area contributed by atoms with E-state index in [0.29, 0.717) is 46.8 Å². The highest BCUT2D eigenvalue weighted by Crippen LogP contribution is 2.53. The molecule has 2 aromatic carbocycles. The molecule has 53 heavy (non-hydrogen) atoms. The number of fused-ring (bicyclic) bond motifs is 2. The molecule has 0 saturated heterocycles. The minimum Gasteiger partial charge on any atom is -0.378 e. The molecule has 2 fully saturated rings. The molecule has 3 unspecified atom stereocenters. The summed E-state index contributed by atoms with van der Waals surface area (Å²) in [5.41, 5.74) is 0.124. The molecule has 2 aliphatic rings. The molecule has 0 spiro atoms. The van der Waals surface area contributed by atoms with Crippen molar-refractivity contribution in [3.8, 4) is 0 Å². The predicted octanol–water partition coefficient (Wildman–Crippen LogP) is 4.34. The fraction of sp³-hybridized carbons (Fsp3) is 0.405. The van der Waals surface area contributed by atoms with E-state index in [1.54, 1.807) is 25.3 Å². The molecular weight excluding hydrogens is 812 g/mol. The lowest BCUT2D eigenvalue weighted by molar-refractivity contribution is -0.127. The van der Waals surface area contributed by atoms with Gasteiger partial charge in [0.25, 0.3) is 16.7 Å². The number of carbonyl (C=O) groups is 2. The van der Waals surface area contributed by atoms with Crippen molar-refractivity contribution in [2.45, 2.75) is 76.1 Å². The Morgan fingerprint density at radius 1 is 0.887 bits per heavy atom. The van der Waals surface area contributed by atoms with E-state index in [4.69, 9.17) is 14.9 Å². The maximum absolute atomic E-state index is 13.6. The van der Waals surface area contributed by atoms with Crippen LogP contribution in [0.1, 0.15) is 62.8 Å². The van der Waals surface area contributed by atoms with Crippen LogP contribution in [0.15, 0.2) is 71.9 Å². The fourth-order valence-corrected chi connectivity index (χ4v) is 8.10. The van der Waals surface area contributed by atoms with Crippen LogP contribution in [0.5, 0.6) is 0 Å². The number of aromatic nitrogens is 6. The molecule has 0 aliphatic heterocycles. The van der Waals surface area contributed by atoms with E-state index in [-0.39, 0.29) is 65.3 Å². The number of nitrogens with zero attached hydrogens (tertiary/aromatic N) is 6. The van der Waals surface area contributed by atoms with Gasteiger partial charge >= 0.3 is 0 Å². The standard InChI is InChI=1S/C37H38Br2N8O6/c1-19(33-27-13-21(38)5-7-24(27)35(51)46(43-33)17-30(48)40-23-15-37(2,16-23)53-4)11-20-12-26(20)34-28-14-22(39)6-8-25(28)36(52)47(44-34)18-31(49)41-29-9-10-32(50)45(3)42-29/h5-10,13-14,19-20,23,26H,11-12,15-18H2,1-4H3,(H,40,48)(H,41,42,49)/t19?,20?,23-,26?,37+. The molecular formula is C37H38Br2N8O6. The fourth-order valence-electron chi connectivity index (χ4n) is 7.38. The summed E-state index contributed by atoms with van der Waals surface area (Å²) in [6, 6.07) is 13.5. The number of ether oxygens (including phenoxy) is 1. The second kappa shape index (κ2) is 14.4. The lowest BCUT2D eigenvalue weighted by atomic mass is 9.77. The summed E-state index contributed by atoms with van der Waals surface area (Å²) in [7, 11) is 3.14. The third kappa shape index (κ3) is 7.62. The van der Waals surface area contributed by atoms with E-state index >= 15 is 0 Å². The van der Waals surface area contributed by atoms with Gasteiger partial charge in [-0.25, -0.2) is 14.0 Å². The Labute approximate surface area is 320 Å². The van der Waals surface area contributed by atoms with Gasteiger partial charge in [-0.15, -0.1) is 0 Å². The van der Waals surface area contributed by atoms with Crippen LogP contribution in [0.3, 0.4) is 0 Å². The van der Waals surface area contributed by atoms with Crippen LogP contribution in [-0.2, 0) is 34.5 Å². The van der Waals surface area contributed by atoms with Gasteiger partial charge in [-0.1, -0.05) is 38.8 Å². The topological polar surface area (TPSA) is 172 Å². The highest BCUT2D eigenvalue weighted by molar-refractivity contribution is 9.10. The zero-order chi connectivity index (χ0) is 37.8. The summed E-state index contributed by atoms with van der Waals surface area (Å²) in [6.07, 6.45) is 2.91. The monoisotopic (exact) mass is 848 g/mol. The van der Waals surface area contributed by atoms with E-state index in [2.05, 4.69) is 54.5 Å². The molecule has 0 radical (unpaired) electrons. The van der Waals surface area contributed by atoms with Gasteiger partial charge in [0.05, 0.1) is 27.8 Å². The summed E-state index contributed by atoms with van der Waals surface area (Å²) in [5.74, 6) is -0.531. The van der Waals surface area contributed by atoms with Crippen molar-refractivity contribution >= 4 is 71.0 Å². The van der Waals surface area contributed by atoms with E-state index in [1.807, 2.05) is 25.1 Å². The van der Waals surface area contributed by atoms with Crippen molar-refractivity contribution in [3.63, 3.8) is 0 Å². The molecule has 3 aromatic heterocycles. The van der Waals surface area contributed by atoms with Crippen LogP contribution in [-0.4, -0.2) is 59.9 Å². The number of hydrogen-bond donors (Lipinski definition) is 2. The number of methoxy groups -OCH3 is 1. The van der Waals surface area contributed by atoms with Crippen molar-refractivity contribution in [2.24, 2.45) is 13.0 Å². The van der Waals surface area contributed by atoms with Crippen molar-refractivity contribution in [1.82, 2.24) is 34.7 Å². The van der Waals surface area contributed by atoms with Gasteiger partial charge in [-0.05, 0) is 81.0 Å². The van der Waals surface area contributed by atoms with E-state index in [9.17, 15) is 24.0 Å². The van der Waals surface area contributed by atoms with Gasteiger partial charge in [0.1, 0.15) is 13.1 Å². The summed E-state index contributed by atoms with van der Waals surface area (Å²) >= 11 is 7.08. The normalized spacial score (nSPS) is 21.3. The third-order valence-electron chi connectivity index (χ3n) is 10.3. The number of anilines is 1. The molecule has 2 N–H and O–H groups in total. The Morgan fingerprint density at radius 2 is 1.51 bits per heavy atom. The number of hydrogen-bond acceptors (Lipinski definition) is 9. The second-order valence-corrected chi connectivity index (χ2v) is 16.2. The average molecular weight is 851 g/mol. The quantitative estimate of drug-likeness (QED) is 0.196. The van der Waals surface area contributed by atoms with Crippen LogP contribution in [0.2, 0.25) is 0 Å². The molecule has 2 aliphatic carbocycles. The third-order valence-corrected chi connectivity index (χ3v) is 11.3. The second-order valence-electron chi connectivity index (χ2n) is 14.4. The van der Waals surface area contributed by atoms with E-state index in [1.165, 1.54) is 28.5 Å². The van der Waals surface area contributed by atoms with Crippen molar-refractivity contribution < 1.29 is 14.3 Å². The largest absolute Gasteiger partial charge is 0.378 e. The molecule has 3 atom stereocenters.